The molecule has 2 atom stereocenters. The number of ketones is 1. The molecule has 0 unspecified atom stereocenters. The number of carbonyl (C=O) groups excluding carboxylic acids is 2. The lowest BCUT2D eigenvalue weighted by atomic mass is 9.71. The van der Waals surface area contributed by atoms with Gasteiger partial charge in [-0.15, -0.1) is 0 Å². The van der Waals surface area contributed by atoms with E-state index < -0.39 is 11.9 Å². The van der Waals surface area contributed by atoms with Crippen molar-refractivity contribution in [3.05, 3.63) is 80.6 Å². The largest absolute Gasteiger partial charge is 0.466 e. The molecule has 2 aromatic carbocycles. The van der Waals surface area contributed by atoms with E-state index in [0.29, 0.717) is 41.2 Å². The van der Waals surface area contributed by atoms with Crippen LogP contribution in [0.15, 0.2) is 69.5 Å². The molecule has 1 aliphatic carbocycles. The SMILES string of the molecule is COC(=O)C1=C(C)NC2=C(C(=O)C[C@H](c3ccccc3)C2)[C@@H]1c1cc2c(cc1Br)OCO2. The zero-order valence-corrected chi connectivity index (χ0v) is 19.3. The van der Waals surface area contributed by atoms with Gasteiger partial charge in [0.15, 0.2) is 17.3 Å². The van der Waals surface area contributed by atoms with E-state index in [2.05, 4.69) is 33.4 Å². The molecule has 0 radical (unpaired) electrons. The average molecular weight is 496 g/mol. The Kier molecular flexibility index (Phi) is 5.29. The monoisotopic (exact) mass is 495 g/mol. The van der Waals surface area contributed by atoms with E-state index in [9.17, 15) is 9.59 Å². The van der Waals surface area contributed by atoms with Crippen molar-refractivity contribution in [2.45, 2.75) is 31.6 Å². The van der Waals surface area contributed by atoms with Crippen LogP contribution in [-0.2, 0) is 14.3 Å². The molecular formula is C25H22BrNO5. The maximum Gasteiger partial charge on any atom is 0.336 e. The number of methoxy groups -OCH3 is 1. The van der Waals surface area contributed by atoms with Gasteiger partial charge in [0, 0.05) is 33.8 Å². The Balaban J connectivity index is 1.65. The minimum absolute atomic E-state index is 0.0241. The first-order valence-corrected chi connectivity index (χ1v) is 11.2. The molecular weight excluding hydrogens is 474 g/mol. The smallest absolute Gasteiger partial charge is 0.336 e. The van der Waals surface area contributed by atoms with Gasteiger partial charge < -0.3 is 19.5 Å². The van der Waals surface area contributed by atoms with Crippen LogP contribution in [0.3, 0.4) is 0 Å². The van der Waals surface area contributed by atoms with Crippen LogP contribution < -0.4 is 14.8 Å². The molecule has 2 heterocycles. The maximum absolute atomic E-state index is 13.6. The summed E-state index contributed by atoms with van der Waals surface area (Å²) < 4.78 is 16.9. The van der Waals surface area contributed by atoms with Crippen LogP contribution >= 0.6 is 15.9 Å². The van der Waals surface area contributed by atoms with Crippen molar-refractivity contribution in [1.29, 1.82) is 0 Å². The second-order valence-corrected chi connectivity index (χ2v) is 9.00. The standard InChI is InChI=1S/C25H22BrNO5/c1-13-22(25(29)30-2)23(16-10-20-21(11-17(16)26)32-12-31-20)24-18(27-13)8-15(9-19(24)28)14-6-4-3-5-7-14/h3-7,10-11,15,23,27H,8-9,12H2,1-2H3/t15-,23-/m1/s1. The first-order valence-electron chi connectivity index (χ1n) is 10.4. The molecule has 32 heavy (non-hydrogen) atoms. The molecule has 0 aromatic heterocycles. The van der Waals surface area contributed by atoms with Crippen molar-refractivity contribution >= 4 is 27.7 Å². The summed E-state index contributed by atoms with van der Waals surface area (Å²) in [5, 5.41) is 3.35. The third kappa shape index (κ3) is 3.41. The van der Waals surface area contributed by atoms with Gasteiger partial charge in [0.05, 0.1) is 12.7 Å². The van der Waals surface area contributed by atoms with Gasteiger partial charge >= 0.3 is 5.97 Å². The van der Waals surface area contributed by atoms with Crippen molar-refractivity contribution in [1.82, 2.24) is 5.32 Å². The molecule has 0 spiro atoms. The molecule has 2 aromatic rings. The summed E-state index contributed by atoms with van der Waals surface area (Å²) in [4.78, 5) is 26.4. The molecule has 0 saturated heterocycles. The van der Waals surface area contributed by atoms with Gasteiger partial charge in [0.2, 0.25) is 6.79 Å². The van der Waals surface area contributed by atoms with Crippen LogP contribution in [0, 0.1) is 0 Å². The van der Waals surface area contributed by atoms with E-state index in [1.807, 2.05) is 37.3 Å². The lowest BCUT2D eigenvalue weighted by Crippen LogP contribution is -2.36. The summed E-state index contributed by atoms with van der Waals surface area (Å²) in [5.41, 5.74) is 4.49. The summed E-state index contributed by atoms with van der Waals surface area (Å²) in [7, 11) is 1.35. The lowest BCUT2D eigenvalue weighted by Gasteiger charge is -2.37. The highest BCUT2D eigenvalue weighted by Crippen LogP contribution is 2.49. The summed E-state index contributed by atoms with van der Waals surface area (Å²) in [6, 6.07) is 13.7. The highest BCUT2D eigenvalue weighted by atomic mass is 79.9. The van der Waals surface area contributed by atoms with Gasteiger partial charge in [0.1, 0.15) is 0 Å². The Labute approximate surface area is 194 Å². The number of allylic oxidation sites excluding steroid dienone is 3. The number of esters is 1. The first kappa shape index (κ1) is 20.8. The molecule has 7 heteroatoms. The number of rotatable bonds is 3. The maximum atomic E-state index is 13.6. The van der Waals surface area contributed by atoms with Crippen molar-refractivity contribution in [3.63, 3.8) is 0 Å². The van der Waals surface area contributed by atoms with Crippen LogP contribution in [-0.4, -0.2) is 25.7 Å². The molecule has 0 saturated carbocycles. The van der Waals surface area contributed by atoms with Gasteiger partial charge in [-0.1, -0.05) is 46.3 Å². The van der Waals surface area contributed by atoms with Crippen molar-refractivity contribution in [3.8, 4) is 11.5 Å². The molecule has 3 aliphatic rings. The summed E-state index contributed by atoms with van der Waals surface area (Å²) in [5.74, 6) is 0.305. The molecule has 2 aliphatic heterocycles. The highest BCUT2D eigenvalue weighted by molar-refractivity contribution is 9.10. The predicted octanol–water partition coefficient (Wildman–Crippen LogP) is 4.71. The van der Waals surface area contributed by atoms with Crippen LogP contribution in [0.2, 0.25) is 0 Å². The quantitative estimate of drug-likeness (QED) is 0.621. The normalized spacial score (nSPS) is 21.9. The fourth-order valence-corrected chi connectivity index (χ4v) is 5.40. The number of halogens is 1. The van der Waals surface area contributed by atoms with Crippen LogP contribution in [0.25, 0.3) is 0 Å². The third-order valence-electron chi connectivity index (χ3n) is 6.31. The number of hydrogen-bond acceptors (Lipinski definition) is 6. The van der Waals surface area contributed by atoms with E-state index >= 15 is 0 Å². The van der Waals surface area contributed by atoms with Gasteiger partial charge in [0.25, 0.3) is 0 Å². The third-order valence-corrected chi connectivity index (χ3v) is 6.99. The van der Waals surface area contributed by atoms with Gasteiger partial charge in [-0.2, -0.15) is 0 Å². The molecule has 0 fully saturated rings. The minimum Gasteiger partial charge on any atom is -0.466 e. The number of dihydropyridines is 1. The zero-order chi connectivity index (χ0) is 22.4. The van der Waals surface area contributed by atoms with Crippen LogP contribution in [0.4, 0.5) is 0 Å². The number of hydrogen-bond donors (Lipinski definition) is 1. The van der Waals surface area contributed by atoms with E-state index in [1.54, 1.807) is 0 Å². The van der Waals surface area contributed by atoms with Crippen molar-refractivity contribution in [2.24, 2.45) is 0 Å². The summed E-state index contributed by atoms with van der Waals surface area (Å²) in [6.07, 6.45) is 1.08. The fraction of sp³-hybridized carbons (Fsp3) is 0.280. The number of nitrogens with one attached hydrogen (secondary N) is 1. The topological polar surface area (TPSA) is 73.9 Å². The van der Waals surface area contributed by atoms with Crippen molar-refractivity contribution in [2.75, 3.05) is 13.9 Å². The number of ether oxygens (including phenoxy) is 3. The van der Waals surface area contributed by atoms with Crippen LogP contribution in [0.5, 0.6) is 11.5 Å². The fourth-order valence-electron chi connectivity index (χ4n) is 4.85. The lowest BCUT2D eigenvalue weighted by molar-refractivity contribution is -0.136. The Bertz CT molecular complexity index is 1180. The molecule has 0 bridgehead atoms. The molecule has 5 rings (SSSR count). The number of Topliss-reactive ketones (excluding diaryl/α,β-unsaturated/α-hetero) is 1. The van der Waals surface area contributed by atoms with E-state index in [4.69, 9.17) is 14.2 Å². The summed E-state index contributed by atoms with van der Waals surface area (Å²) >= 11 is 3.62. The average Bonchev–Trinajstić information content (AvgIpc) is 3.24. The number of fused-ring (bicyclic) bond motifs is 1. The Morgan fingerprint density at radius 1 is 1.12 bits per heavy atom. The predicted molar refractivity (Wildman–Crippen MR) is 121 cm³/mol. The van der Waals surface area contributed by atoms with E-state index in [1.165, 1.54) is 7.11 Å². The molecule has 6 nitrogen and oxygen atoms in total. The second-order valence-electron chi connectivity index (χ2n) is 8.15. The van der Waals surface area contributed by atoms with Gasteiger partial charge in [-0.3, -0.25) is 4.79 Å². The van der Waals surface area contributed by atoms with Gasteiger partial charge in [-0.25, -0.2) is 4.79 Å². The van der Waals surface area contributed by atoms with E-state index in [-0.39, 0.29) is 18.5 Å². The summed E-state index contributed by atoms with van der Waals surface area (Å²) in [6.45, 7) is 1.99. The highest BCUT2D eigenvalue weighted by Gasteiger charge is 2.42. The molecule has 0 amide bonds. The Morgan fingerprint density at radius 3 is 2.56 bits per heavy atom. The Hall–Kier alpha value is -3.06. The molecule has 1 N–H and O–H groups in total. The van der Waals surface area contributed by atoms with Crippen molar-refractivity contribution < 1.29 is 23.8 Å². The van der Waals surface area contributed by atoms with E-state index in [0.717, 1.165) is 21.3 Å². The number of benzene rings is 2. The van der Waals surface area contributed by atoms with Crippen LogP contribution in [0.1, 0.15) is 42.7 Å². The first-order chi connectivity index (χ1) is 15.5. The molecule has 164 valence electrons. The van der Waals surface area contributed by atoms with Gasteiger partial charge in [-0.05, 0) is 42.5 Å². The Morgan fingerprint density at radius 2 is 1.84 bits per heavy atom. The number of carbonyl (C=O) groups is 2. The zero-order valence-electron chi connectivity index (χ0n) is 17.7. The second kappa shape index (κ2) is 8.13. The minimum atomic E-state index is -0.563.